The maximum absolute atomic E-state index is 12.9. The van der Waals surface area contributed by atoms with Crippen LogP contribution in [0, 0.1) is 5.82 Å². The monoisotopic (exact) mass is 414 g/mol. The highest BCUT2D eigenvalue weighted by Gasteiger charge is 2.30. The summed E-state index contributed by atoms with van der Waals surface area (Å²) in [5, 5.41) is 11.3. The Morgan fingerprint density at radius 3 is 2.48 bits per heavy atom. The lowest BCUT2D eigenvalue weighted by molar-refractivity contribution is -0.137. The van der Waals surface area contributed by atoms with Gasteiger partial charge in [0.15, 0.2) is 0 Å². The van der Waals surface area contributed by atoms with Crippen LogP contribution in [0.2, 0.25) is 0 Å². The summed E-state index contributed by atoms with van der Waals surface area (Å²) in [6, 6.07) is 7.50. The first-order valence-electron chi connectivity index (χ1n) is 7.36. The van der Waals surface area contributed by atoms with Crippen molar-refractivity contribution in [3.05, 3.63) is 64.0 Å². The molecule has 1 amide bonds. The van der Waals surface area contributed by atoms with Gasteiger partial charge in [-0.3, -0.25) is 4.79 Å². The molecule has 2 heterocycles. The molecule has 11 heteroatoms. The van der Waals surface area contributed by atoms with Crippen LogP contribution in [0.15, 0.2) is 47.6 Å². The Kier molecular flexibility index (Phi) is 5.71. The fourth-order valence-corrected chi connectivity index (χ4v) is 3.45. The molecular weight excluding hydrogens is 404 g/mol. The first kappa shape index (κ1) is 19.2. The molecule has 0 aliphatic heterocycles. The Balaban J connectivity index is 1.57. The zero-order valence-electron chi connectivity index (χ0n) is 13.3. The molecule has 27 heavy (non-hydrogen) atoms. The quantitative estimate of drug-likeness (QED) is 0.487. The van der Waals surface area contributed by atoms with Crippen molar-refractivity contribution in [2.24, 2.45) is 0 Å². The average Bonchev–Trinajstić information content (AvgIpc) is 3.11. The molecule has 0 spiro atoms. The number of carbonyl (C=O) groups excluding carboxylic acids is 1. The highest BCUT2D eigenvalue weighted by Crippen LogP contribution is 2.30. The van der Waals surface area contributed by atoms with Crippen molar-refractivity contribution in [3.63, 3.8) is 0 Å². The topological polar surface area (TPSA) is 67.8 Å². The number of aromatic nitrogens is 3. The van der Waals surface area contributed by atoms with E-state index in [2.05, 4.69) is 20.5 Å². The Labute approximate surface area is 158 Å². The summed E-state index contributed by atoms with van der Waals surface area (Å²) in [5.74, 6) is -0.594. The van der Waals surface area contributed by atoms with E-state index < -0.39 is 23.5 Å². The molecule has 0 radical (unpaired) electrons. The van der Waals surface area contributed by atoms with E-state index in [9.17, 15) is 22.4 Å². The molecule has 3 rings (SSSR count). The van der Waals surface area contributed by atoms with Gasteiger partial charge >= 0.3 is 6.18 Å². The third-order valence-corrected chi connectivity index (χ3v) is 5.23. The lowest BCUT2D eigenvalue weighted by Crippen LogP contribution is -2.11. The highest BCUT2D eigenvalue weighted by molar-refractivity contribution is 7.98. The van der Waals surface area contributed by atoms with Crippen molar-refractivity contribution >= 4 is 34.7 Å². The number of pyridine rings is 1. The van der Waals surface area contributed by atoms with Crippen molar-refractivity contribution in [2.75, 3.05) is 5.32 Å². The summed E-state index contributed by atoms with van der Waals surface area (Å²) in [6.07, 6.45) is -3.66. The Morgan fingerprint density at radius 1 is 1.11 bits per heavy atom. The summed E-state index contributed by atoms with van der Waals surface area (Å²) in [6.45, 7) is 0. The number of thioether (sulfide) groups is 1. The number of hydrogen-bond donors (Lipinski definition) is 1. The number of anilines is 1. The van der Waals surface area contributed by atoms with Gasteiger partial charge in [-0.15, -0.1) is 10.2 Å². The van der Waals surface area contributed by atoms with Crippen molar-refractivity contribution in [1.29, 1.82) is 0 Å². The van der Waals surface area contributed by atoms with Crippen LogP contribution < -0.4 is 5.32 Å². The predicted molar refractivity (Wildman–Crippen MR) is 93.1 cm³/mol. The Hall–Kier alpha value is -2.53. The summed E-state index contributed by atoms with van der Waals surface area (Å²) in [5.41, 5.74) is -0.399. The molecule has 1 aromatic carbocycles. The molecule has 2 aromatic heterocycles. The fraction of sp³-hybridized carbons (Fsp3) is 0.125. The number of rotatable bonds is 5. The van der Waals surface area contributed by atoms with Crippen LogP contribution >= 0.6 is 23.1 Å². The van der Waals surface area contributed by atoms with Gasteiger partial charge in [-0.05, 0) is 36.4 Å². The van der Waals surface area contributed by atoms with E-state index in [1.54, 1.807) is 0 Å². The molecule has 5 nitrogen and oxygen atoms in total. The number of carbonyl (C=O) groups is 1. The lowest BCUT2D eigenvalue weighted by atomic mass is 10.3. The minimum Gasteiger partial charge on any atom is -0.320 e. The van der Waals surface area contributed by atoms with Gasteiger partial charge in [-0.25, -0.2) is 9.37 Å². The van der Waals surface area contributed by atoms with Gasteiger partial charge in [0.2, 0.25) is 5.01 Å². The second kappa shape index (κ2) is 8.01. The van der Waals surface area contributed by atoms with Crippen molar-refractivity contribution < 1.29 is 22.4 Å². The molecule has 0 aliphatic rings. The lowest BCUT2D eigenvalue weighted by Gasteiger charge is -2.06. The molecule has 0 bridgehead atoms. The van der Waals surface area contributed by atoms with Crippen molar-refractivity contribution in [1.82, 2.24) is 15.2 Å². The SMILES string of the molecule is O=C(Nc1ccc(F)cc1)c1nnc(CSc2ccc(C(F)(F)F)cn2)s1. The van der Waals surface area contributed by atoms with Gasteiger partial charge < -0.3 is 5.32 Å². The molecule has 0 saturated carbocycles. The smallest absolute Gasteiger partial charge is 0.320 e. The van der Waals surface area contributed by atoms with Gasteiger partial charge in [0.25, 0.3) is 5.91 Å². The molecule has 0 fully saturated rings. The number of nitrogens with zero attached hydrogens (tertiary/aromatic N) is 3. The first-order chi connectivity index (χ1) is 12.8. The molecule has 0 unspecified atom stereocenters. The van der Waals surface area contributed by atoms with Crippen LogP contribution in [-0.4, -0.2) is 21.1 Å². The predicted octanol–water partition coefficient (Wildman–Crippen LogP) is 4.64. The van der Waals surface area contributed by atoms with Gasteiger partial charge in [0.1, 0.15) is 10.8 Å². The van der Waals surface area contributed by atoms with E-state index in [4.69, 9.17) is 0 Å². The van der Waals surface area contributed by atoms with Crippen LogP contribution in [0.3, 0.4) is 0 Å². The van der Waals surface area contributed by atoms with E-state index in [-0.39, 0.29) is 5.01 Å². The van der Waals surface area contributed by atoms with E-state index >= 15 is 0 Å². The normalized spacial score (nSPS) is 11.4. The standard InChI is InChI=1S/C16H10F4N4OS2/c17-10-2-4-11(5-3-10)22-14(25)15-24-23-13(27-15)8-26-12-6-1-9(7-21-12)16(18,19)20/h1-7H,8H2,(H,22,25). The molecule has 0 atom stereocenters. The maximum atomic E-state index is 12.9. The number of benzene rings is 1. The van der Waals surface area contributed by atoms with Gasteiger partial charge in [0, 0.05) is 11.9 Å². The molecular formula is C16H10F4N4OS2. The number of alkyl halides is 3. The molecule has 0 saturated heterocycles. The summed E-state index contributed by atoms with van der Waals surface area (Å²) in [4.78, 5) is 15.8. The number of amides is 1. The summed E-state index contributed by atoms with van der Waals surface area (Å²) >= 11 is 2.23. The second-order valence-electron chi connectivity index (χ2n) is 5.13. The third kappa shape index (κ3) is 5.23. The van der Waals surface area contributed by atoms with Crippen molar-refractivity contribution in [3.8, 4) is 0 Å². The van der Waals surface area contributed by atoms with Crippen molar-refractivity contribution in [2.45, 2.75) is 17.0 Å². The number of nitrogens with one attached hydrogen (secondary N) is 1. The number of hydrogen-bond acceptors (Lipinski definition) is 6. The summed E-state index contributed by atoms with van der Waals surface area (Å²) < 4.78 is 50.4. The van der Waals surface area contributed by atoms with E-state index in [0.717, 1.165) is 23.6 Å². The second-order valence-corrected chi connectivity index (χ2v) is 7.19. The van der Waals surface area contributed by atoms with Crippen LogP contribution in [-0.2, 0) is 11.9 Å². The highest BCUT2D eigenvalue weighted by atomic mass is 32.2. The molecule has 1 N–H and O–H groups in total. The molecule has 0 aliphatic carbocycles. The Morgan fingerprint density at radius 2 is 1.85 bits per heavy atom. The number of halogens is 4. The largest absolute Gasteiger partial charge is 0.417 e. The van der Waals surface area contributed by atoms with E-state index in [0.29, 0.717) is 21.5 Å². The van der Waals surface area contributed by atoms with Gasteiger partial charge in [-0.1, -0.05) is 23.1 Å². The zero-order chi connectivity index (χ0) is 19.4. The maximum Gasteiger partial charge on any atom is 0.417 e. The minimum atomic E-state index is -4.43. The summed E-state index contributed by atoms with van der Waals surface area (Å²) in [7, 11) is 0. The van der Waals surface area contributed by atoms with E-state index in [1.807, 2.05) is 0 Å². The Bertz CT molecular complexity index is 927. The molecule has 140 valence electrons. The van der Waals surface area contributed by atoms with Crippen LogP contribution in [0.25, 0.3) is 0 Å². The third-order valence-electron chi connectivity index (χ3n) is 3.17. The van der Waals surface area contributed by atoms with E-state index in [1.165, 1.54) is 42.1 Å². The fourth-order valence-electron chi connectivity index (χ4n) is 1.89. The zero-order valence-corrected chi connectivity index (χ0v) is 15.0. The van der Waals surface area contributed by atoms with Gasteiger partial charge in [0.05, 0.1) is 16.3 Å². The van der Waals surface area contributed by atoms with Crippen LogP contribution in [0.4, 0.5) is 23.2 Å². The van der Waals surface area contributed by atoms with Gasteiger partial charge in [-0.2, -0.15) is 13.2 Å². The minimum absolute atomic E-state index is 0.121. The van der Waals surface area contributed by atoms with Crippen LogP contribution in [0.5, 0.6) is 0 Å². The van der Waals surface area contributed by atoms with Crippen LogP contribution in [0.1, 0.15) is 20.4 Å². The first-order valence-corrected chi connectivity index (χ1v) is 9.17. The molecule has 3 aromatic rings. The average molecular weight is 414 g/mol.